The highest BCUT2D eigenvalue weighted by atomic mass is 16.6. The first kappa shape index (κ1) is 17.7. The summed E-state index contributed by atoms with van der Waals surface area (Å²) >= 11 is 0. The van der Waals surface area contributed by atoms with Crippen LogP contribution >= 0.6 is 0 Å². The van der Waals surface area contributed by atoms with Crippen LogP contribution in [-0.2, 0) is 4.79 Å². The Balaban J connectivity index is 1.91. The van der Waals surface area contributed by atoms with Gasteiger partial charge in [-0.25, -0.2) is 5.43 Å². The van der Waals surface area contributed by atoms with Crippen LogP contribution in [0.4, 0.5) is 5.69 Å². The molecule has 25 heavy (non-hydrogen) atoms. The number of carbonyl (C=O) groups excluding carboxylic acids is 2. The molecule has 2 aromatic rings. The van der Waals surface area contributed by atoms with Gasteiger partial charge in [-0.05, 0) is 18.2 Å². The molecule has 0 radical (unpaired) electrons. The summed E-state index contributed by atoms with van der Waals surface area (Å²) < 4.78 is 9.94. The molecule has 1 aromatic heterocycles. The van der Waals surface area contributed by atoms with Gasteiger partial charge >= 0.3 is 0 Å². The smallest absolute Gasteiger partial charge is 0.287 e. The lowest BCUT2D eigenvalue weighted by Crippen LogP contribution is -2.34. The van der Waals surface area contributed by atoms with Gasteiger partial charge in [0.15, 0.2) is 5.76 Å². The molecule has 0 bridgehead atoms. The fourth-order valence-corrected chi connectivity index (χ4v) is 1.80. The number of hydrogen-bond donors (Lipinski definition) is 2. The van der Waals surface area contributed by atoms with Crippen molar-refractivity contribution in [1.29, 1.82) is 0 Å². The van der Waals surface area contributed by atoms with Crippen LogP contribution in [0.1, 0.15) is 16.1 Å². The quantitative estimate of drug-likeness (QED) is 0.437. The molecule has 2 rings (SSSR count). The van der Waals surface area contributed by atoms with E-state index in [2.05, 4.69) is 15.8 Å². The van der Waals surface area contributed by atoms with E-state index in [1.807, 2.05) is 0 Å². The lowest BCUT2D eigenvalue weighted by molar-refractivity contribution is -0.384. The molecule has 2 N–H and O–H groups in total. The zero-order chi connectivity index (χ0) is 18.2. The highest BCUT2D eigenvalue weighted by Crippen LogP contribution is 2.22. The average molecular weight is 346 g/mol. The van der Waals surface area contributed by atoms with Crippen LogP contribution in [0.5, 0.6) is 5.75 Å². The number of ether oxygens (including phenoxy) is 1. The first-order chi connectivity index (χ1) is 12.0. The fraction of sp³-hybridized carbons (Fsp3) is 0.133. The van der Waals surface area contributed by atoms with Gasteiger partial charge in [0, 0.05) is 17.7 Å². The number of amides is 2. The molecule has 130 valence electrons. The Hall–Kier alpha value is -3.69. The maximum atomic E-state index is 11.6. The van der Waals surface area contributed by atoms with Gasteiger partial charge in [0.25, 0.3) is 17.5 Å². The van der Waals surface area contributed by atoms with Gasteiger partial charge in [-0.2, -0.15) is 5.10 Å². The number of nitro benzene ring substituents is 1. The highest BCUT2D eigenvalue weighted by molar-refractivity contribution is 5.94. The van der Waals surface area contributed by atoms with Crippen molar-refractivity contribution < 1.29 is 23.7 Å². The van der Waals surface area contributed by atoms with Crippen molar-refractivity contribution in [3.05, 3.63) is 58.0 Å². The summed E-state index contributed by atoms with van der Waals surface area (Å²) in [6, 6.07) is 6.97. The zero-order valence-electron chi connectivity index (χ0n) is 13.1. The lowest BCUT2D eigenvalue weighted by Gasteiger charge is -2.04. The molecule has 1 heterocycles. The van der Waals surface area contributed by atoms with Crippen molar-refractivity contribution in [2.45, 2.75) is 0 Å². The number of rotatable bonds is 7. The number of furan rings is 1. The summed E-state index contributed by atoms with van der Waals surface area (Å²) in [4.78, 5) is 33.4. The third-order valence-corrected chi connectivity index (χ3v) is 2.97. The molecular formula is C15H14N4O6. The summed E-state index contributed by atoms with van der Waals surface area (Å²) in [6.07, 6.45) is 2.55. The molecule has 0 aliphatic carbocycles. The van der Waals surface area contributed by atoms with E-state index in [1.54, 1.807) is 6.07 Å². The van der Waals surface area contributed by atoms with Crippen LogP contribution in [0.2, 0.25) is 0 Å². The second kappa shape index (κ2) is 8.24. The molecule has 0 spiro atoms. The third kappa shape index (κ3) is 4.89. The largest absolute Gasteiger partial charge is 0.496 e. The first-order valence-corrected chi connectivity index (χ1v) is 6.97. The van der Waals surface area contributed by atoms with Gasteiger partial charge in [-0.15, -0.1) is 0 Å². The number of benzene rings is 1. The fourth-order valence-electron chi connectivity index (χ4n) is 1.80. The van der Waals surface area contributed by atoms with E-state index in [9.17, 15) is 19.7 Å². The SMILES string of the molecule is COc1ccc([N+](=O)[O-])cc1C=NNC(=O)CNC(=O)c1ccco1. The van der Waals surface area contributed by atoms with Gasteiger partial charge in [-0.3, -0.25) is 19.7 Å². The number of carbonyl (C=O) groups is 2. The molecule has 0 atom stereocenters. The average Bonchev–Trinajstić information content (AvgIpc) is 3.14. The number of methoxy groups -OCH3 is 1. The van der Waals surface area contributed by atoms with Gasteiger partial charge in [-0.1, -0.05) is 0 Å². The van der Waals surface area contributed by atoms with E-state index in [0.29, 0.717) is 11.3 Å². The molecule has 0 unspecified atom stereocenters. The van der Waals surface area contributed by atoms with Crippen LogP contribution < -0.4 is 15.5 Å². The molecule has 0 saturated heterocycles. The monoisotopic (exact) mass is 346 g/mol. The second-order valence-electron chi connectivity index (χ2n) is 4.64. The molecule has 0 aliphatic rings. The standard InChI is InChI=1S/C15H14N4O6/c1-24-12-5-4-11(19(22)23)7-10(12)8-17-18-14(20)9-16-15(21)13-3-2-6-25-13/h2-8H,9H2,1H3,(H,16,21)(H,18,20). The Bertz CT molecular complexity index is 800. The van der Waals surface area contributed by atoms with E-state index < -0.39 is 16.7 Å². The third-order valence-electron chi connectivity index (χ3n) is 2.97. The van der Waals surface area contributed by atoms with Crippen LogP contribution in [0.3, 0.4) is 0 Å². The van der Waals surface area contributed by atoms with Gasteiger partial charge < -0.3 is 14.5 Å². The Labute approximate surface area is 141 Å². The van der Waals surface area contributed by atoms with Crippen LogP contribution in [0.15, 0.2) is 46.1 Å². The maximum Gasteiger partial charge on any atom is 0.287 e. The van der Waals surface area contributed by atoms with Gasteiger partial charge in [0.05, 0.1) is 31.1 Å². The molecule has 10 heteroatoms. The summed E-state index contributed by atoms with van der Waals surface area (Å²) in [5, 5.41) is 16.8. The molecule has 0 aliphatic heterocycles. The number of nitrogens with zero attached hydrogens (tertiary/aromatic N) is 2. The Morgan fingerprint density at radius 1 is 1.40 bits per heavy atom. The number of hydrogen-bond acceptors (Lipinski definition) is 7. The van der Waals surface area contributed by atoms with Crippen molar-refractivity contribution >= 4 is 23.7 Å². The van der Waals surface area contributed by atoms with E-state index in [4.69, 9.17) is 9.15 Å². The summed E-state index contributed by atoms with van der Waals surface area (Å²) in [7, 11) is 1.40. The molecular weight excluding hydrogens is 332 g/mol. The second-order valence-corrected chi connectivity index (χ2v) is 4.64. The Morgan fingerprint density at radius 3 is 2.84 bits per heavy atom. The Kier molecular flexibility index (Phi) is 5.82. The van der Waals surface area contributed by atoms with E-state index in [0.717, 1.165) is 0 Å². The highest BCUT2D eigenvalue weighted by Gasteiger charge is 2.11. The predicted octanol–water partition coefficient (Wildman–Crippen LogP) is 1.08. The van der Waals surface area contributed by atoms with E-state index >= 15 is 0 Å². The molecule has 0 fully saturated rings. The minimum atomic E-state index is -0.583. The first-order valence-electron chi connectivity index (χ1n) is 6.97. The van der Waals surface area contributed by atoms with Crippen LogP contribution in [0, 0.1) is 10.1 Å². The predicted molar refractivity (Wildman–Crippen MR) is 86.4 cm³/mol. The number of hydrazone groups is 1. The number of nitrogens with one attached hydrogen (secondary N) is 2. The molecule has 0 saturated carbocycles. The summed E-state index contributed by atoms with van der Waals surface area (Å²) in [6.45, 7) is -0.317. The number of non-ortho nitro benzene ring substituents is 1. The normalized spacial score (nSPS) is 10.4. The molecule has 10 nitrogen and oxygen atoms in total. The van der Waals surface area contributed by atoms with Crippen LogP contribution in [-0.4, -0.2) is 36.6 Å². The molecule has 2 amide bonds. The molecule has 1 aromatic carbocycles. The van der Waals surface area contributed by atoms with Crippen molar-refractivity contribution in [3.63, 3.8) is 0 Å². The maximum absolute atomic E-state index is 11.6. The lowest BCUT2D eigenvalue weighted by atomic mass is 10.2. The van der Waals surface area contributed by atoms with Crippen molar-refractivity contribution in [3.8, 4) is 5.75 Å². The van der Waals surface area contributed by atoms with Crippen molar-refractivity contribution in [2.24, 2.45) is 5.10 Å². The minimum absolute atomic E-state index is 0.0811. The van der Waals surface area contributed by atoms with E-state index in [1.165, 1.54) is 43.9 Å². The van der Waals surface area contributed by atoms with Crippen LogP contribution in [0.25, 0.3) is 0 Å². The summed E-state index contributed by atoms with van der Waals surface area (Å²) in [5.74, 6) is -0.683. The zero-order valence-corrected chi connectivity index (χ0v) is 13.1. The van der Waals surface area contributed by atoms with E-state index in [-0.39, 0.29) is 18.0 Å². The van der Waals surface area contributed by atoms with Crippen molar-refractivity contribution in [2.75, 3.05) is 13.7 Å². The van der Waals surface area contributed by atoms with Crippen molar-refractivity contribution in [1.82, 2.24) is 10.7 Å². The number of nitro groups is 1. The van der Waals surface area contributed by atoms with Gasteiger partial charge in [0.1, 0.15) is 5.75 Å². The summed E-state index contributed by atoms with van der Waals surface area (Å²) in [5.41, 5.74) is 2.37. The minimum Gasteiger partial charge on any atom is -0.496 e. The topological polar surface area (TPSA) is 136 Å². The van der Waals surface area contributed by atoms with Gasteiger partial charge in [0.2, 0.25) is 0 Å². The Morgan fingerprint density at radius 2 is 2.20 bits per heavy atom.